The Balaban J connectivity index is 1.41. The van der Waals surface area contributed by atoms with E-state index in [4.69, 9.17) is 20.9 Å². The summed E-state index contributed by atoms with van der Waals surface area (Å²) in [4.78, 5) is 24.4. The number of benzene rings is 1. The number of carbonyl (C=O) groups excluding carboxylic acids is 2. The van der Waals surface area contributed by atoms with Gasteiger partial charge in [0, 0.05) is 17.3 Å². The molecule has 0 radical (unpaired) electrons. The number of nitrogens with zero attached hydrogens (tertiary/aromatic N) is 1. The maximum Gasteiger partial charge on any atom is 0.319 e. The molecule has 3 rings (SSSR count). The Bertz CT molecular complexity index is 918. The number of aliphatic hydroxyl groups excluding tert-OH is 1. The van der Waals surface area contributed by atoms with E-state index in [1.807, 2.05) is 0 Å². The third kappa shape index (κ3) is 6.59. The van der Waals surface area contributed by atoms with E-state index in [1.54, 1.807) is 38.1 Å². The van der Waals surface area contributed by atoms with Crippen molar-refractivity contribution in [1.82, 2.24) is 15.8 Å². The van der Waals surface area contributed by atoms with E-state index in [1.165, 1.54) is 0 Å². The molecule has 1 aliphatic rings. The maximum absolute atomic E-state index is 12.3. The molecule has 3 atom stereocenters. The Morgan fingerprint density at radius 1 is 1.22 bits per heavy atom. The highest BCUT2D eigenvalue weighted by molar-refractivity contribution is 6.30. The summed E-state index contributed by atoms with van der Waals surface area (Å²) in [6.45, 7) is 3.64. The van der Waals surface area contributed by atoms with Crippen molar-refractivity contribution in [3.8, 4) is 0 Å². The van der Waals surface area contributed by atoms with Gasteiger partial charge in [-0.3, -0.25) is 0 Å². The average molecular weight is 466 g/mol. The summed E-state index contributed by atoms with van der Waals surface area (Å²) in [6, 6.07) is 5.76. The first-order valence-corrected chi connectivity index (χ1v) is 10.8. The zero-order valence-electron chi connectivity index (χ0n) is 18.0. The second-order valence-corrected chi connectivity index (χ2v) is 8.08. The molecular weight excluding hydrogens is 438 g/mol. The van der Waals surface area contributed by atoms with Crippen molar-refractivity contribution >= 4 is 35.0 Å². The number of rotatable bonds is 7. The van der Waals surface area contributed by atoms with Crippen LogP contribution < -0.4 is 21.3 Å². The molecule has 1 saturated heterocycles. The Hall–Kier alpha value is -2.82. The van der Waals surface area contributed by atoms with Crippen LogP contribution in [0.1, 0.15) is 30.7 Å². The molecule has 0 unspecified atom stereocenters. The molecular formula is C21H28ClN5O5. The highest BCUT2D eigenvalue weighted by Crippen LogP contribution is 2.22. The van der Waals surface area contributed by atoms with Gasteiger partial charge in [0.2, 0.25) is 0 Å². The molecule has 2 aromatic rings. The van der Waals surface area contributed by atoms with Crippen LogP contribution >= 0.6 is 11.6 Å². The number of amides is 4. The van der Waals surface area contributed by atoms with Gasteiger partial charge in [0.15, 0.2) is 5.76 Å². The van der Waals surface area contributed by atoms with Crippen LogP contribution in [0.4, 0.5) is 21.0 Å². The summed E-state index contributed by atoms with van der Waals surface area (Å²) in [5.74, 6) is 0.539. The first-order chi connectivity index (χ1) is 15.4. The third-order valence-electron chi connectivity index (χ3n) is 5.22. The van der Waals surface area contributed by atoms with Gasteiger partial charge in [-0.25, -0.2) is 9.59 Å². The molecule has 10 nitrogen and oxygen atoms in total. The van der Waals surface area contributed by atoms with E-state index in [9.17, 15) is 14.7 Å². The minimum atomic E-state index is -0.532. The van der Waals surface area contributed by atoms with Crippen LogP contribution in [-0.4, -0.2) is 53.7 Å². The molecule has 0 bridgehead atoms. The third-order valence-corrected chi connectivity index (χ3v) is 5.45. The Labute approximate surface area is 191 Å². The van der Waals surface area contributed by atoms with E-state index < -0.39 is 12.1 Å². The van der Waals surface area contributed by atoms with Crippen LogP contribution in [0.5, 0.6) is 0 Å². The molecule has 4 amide bonds. The molecule has 1 aromatic heterocycles. The van der Waals surface area contributed by atoms with Gasteiger partial charge >= 0.3 is 12.1 Å². The lowest BCUT2D eigenvalue weighted by Gasteiger charge is -2.36. The van der Waals surface area contributed by atoms with Gasteiger partial charge in [-0.1, -0.05) is 22.8 Å². The largest absolute Gasteiger partial charge is 0.394 e. The highest BCUT2D eigenvalue weighted by atomic mass is 35.5. The van der Waals surface area contributed by atoms with E-state index in [2.05, 4.69) is 26.4 Å². The summed E-state index contributed by atoms with van der Waals surface area (Å²) < 4.78 is 11.0. The summed E-state index contributed by atoms with van der Waals surface area (Å²) in [5.41, 5.74) is 1.74. The maximum atomic E-state index is 12.3. The summed E-state index contributed by atoms with van der Waals surface area (Å²) in [6.07, 6.45) is 1.23. The SMILES string of the molecule is Cc1noc(C)c1NC(=O)NCC[C@@H]1CC[C@H](NC(=O)Nc2cccc(Cl)c2)[C@@H](CO)O1. The molecule has 0 aliphatic carbocycles. The van der Waals surface area contributed by atoms with Crippen LogP contribution in [0, 0.1) is 13.8 Å². The minimum Gasteiger partial charge on any atom is -0.394 e. The molecule has 11 heteroatoms. The summed E-state index contributed by atoms with van der Waals surface area (Å²) in [7, 11) is 0. The molecule has 1 fully saturated rings. The van der Waals surface area contributed by atoms with Gasteiger partial charge in [0.05, 0.1) is 18.8 Å². The fourth-order valence-electron chi connectivity index (χ4n) is 3.58. The Morgan fingerprint density at radius 3 is 2.72 bits per heavy atom. The quantitative estimate of drug-likeness (QED) is 0.425. The molecule has 2 heterocycles. The van der Waals surface area contributed by atoms with Crippen molar-refractivity contribution in [3.05, 3.63) is 40.7 Å². The number of aromatic nitrogens is 1. The van der Waals surface area contributed by atoms with E-state index in [-0.39, 0.29) is 24.8 Å². The fourth-order valence-corrected chi connectivity index (χ4v) is 3.77. The number of aryl methyl sites for hydroxylation is 2. The van der Waals surface area contributed by atoms with Gasteiger partial charge in [-0.05, 0) is 51.3 Å². The van der Waals surface area contributed by atoms with Crippen LogP contribution in [0.15, 0.2) is 28.8 Å². The van der Waals surface area contributed by atoms with Crippen molar-refractivity contribution in [3.63, 3.8) is 0 Å². The normalized spacial score (nSPS) is 20.4. The zero-order chi connectivity index (χ0) is 23.1. The number of anilines is 2. The van der Waals surface area contributed by atoms with Gasteiger partial charge < -0.3 is 35.6 Å². The minimum absolute atomic E-state index is 0.138. The first-order valence-electron chi connectivity index (χ1n) is 10.4. The van der Waals surface area contributed by atoms with Gasteiger partial charge in [0.1, 0.15) is 17.5 Å². The standard InChI is InChI=1S/C21H28ClN5O5/c1-12-19(13(2)32-27-12)26-20(29)23-9-8-16-6-7-17(18(11-28)31-16)25-21(30)24-15-5-3-4-14(22)10-15/h3-5,10,16-18,28H,6-9,11H2,1-2H3,(H2,23,26,29)(H2,24,25,30)/t16-,17-,18+/m0/s1. The molecule has 1 aliphatic heterocycles. The fraction of sp³-hybridized carbons (Fsp3) is 0.476. The van der Waals surface area contributed by atoms with Crippen LogP contribution in [0.2, 0.25) is 5.02 Å². The van der Waals surface area contributed by atoms with Crippen LogP contribution in [0.3, 0.4) is 0 Å². The van der Waals surface area contributed by atoms with Gasteiger partial charge in [-0.2, -0.15) is 0 Å². The van der Waals surface area contributed by atoms with Crippen LogP contribution in [0.25, 0.3) is 0 Å². The Kier molecular flexibility index (Phi) is 8.32. The first kappa shape index (κ1) is 23.8. The van der Waals surface area contributed by atoms with E-state index in [0.717, 1.165) is 0 Å². The zero-order valence-corrected chi connectivity index (χ0v) is 18.7. The number of urea groups is 2. The van der Waals surface area contributed by atoms with Gasteiger partial charge in [0.25, 0.3) is 0 Å². The topological polar surface area (TPSA) is 138 Å². The second-order valence-electron chi connectivity index (χ2n) is 7.64. The van der Waals surface area contributed by atoms with E-state index >= 15 is 0 Å². The lowest BCUT2D eigenvalue weighted by atomic mass is 9.97. The Morgan fingerprint density at radius 2 is 2.03 bits per heavy atom. The number of nitrogens with one attached hydrogen (secondary N) is 4. The number of hydrogen-bond donors (Lipinski definition) is 5. The summed E-state index contributed by atoms with van der Waals surface area (Å²) >= 11 is 5.93. The molecule has 174 valence electrons. The summed E-state index contributed by atoms with van der Waals surface area (Å²) in [5, 5.41) is 25.1. The van der Waals surface area contributed by atoms with Crippen molar-refractivity contribution in [1.29, 1.82) is 0 Å². The molecule has 0 saturated carbocycles. The number of hydrogen-bond acceptors (Lipinski definition) is 6. The van der Waals surface area contributed by atoms with Gasteiger partial charge in [-0.15, -0.1) is 0 Å². The number of carbonyl (C=O) groups is 2. The smallest absolute Gasteiger partial charge is 0.319 e. The second kappa shape index (κ2) is 11.2. The molecule has 5 N–H and O–H groups in total. The highest BCUT2D eigenvalue weighted by Gasteiger charge is 2.31. The van der Waals surface area contributed by atoms with Crippen molar-refractivity contribution in [2.75, 3.05) is 23.8 Å². The van der Waals surface area contributed by atoms with E-state index in [0.29, 0.717) is 53.7 Å². The average Bonchev–Trinajstić information content (AvgIpc) is 3.06. The number of aliphatic hydroxyl groups is 1. The van der Waals surface area contributed by atoms with Crippen molar-refractivity contribution in [2.24, 2.45) is 0 Å². The predicted octanol–water partition coefficient (Wildman–Crippen LogP) is 3.19. The molecule has 32 heavy (non-hydrogen) atoms. The number of halogens is 1. The van der Waals surface area contributed by atoms with Crippen molar-refractivity contribution in [2.45, 2.75) is 51.4 Å². The molecule has 1 aromatic carbocycles. The van der Waals surface area contributed by atoms with Crippen LogP contribution in [-0.2, 0) is 4.74 Å². The predicted molar refractivity (Wildman–Crippen MR) is 120 cm³/mol. The number of ether oxygens (including phenoxy) is 1. The lowest BCUT2D eigenvalue weighted by Crippen LogP contribution is -2.52. The molecule has 0 spiro atoms. The lowest BCUT2D eigenvalue weighted by molar-refractivity contribution is -0.0885. The van der Waals surface area contributed by atoms with Crippen molar-refractivity contribution < 1.29 is 24.0 Å². The monoisotopic (exact) mass is 465 g/mol.